The Balaban J connectivity index is 2.08. The molecule has 1 aliphatic rings. The maximum Gasteiger partial charge on any atom is 0.229 e. The molecule has 5 nitrogen and oxygen atoms in total. The van der Waals surface area contributed by atoms with Crippen LogP contribution in [-0.2, 0) is 0 Å². The molecule has 1 aromatic heterocycles. The van der Waals surface area contributed by atoms with Crippen molar-refractivity contribution in [1.29, 1.82) is 0 Å². The largest absolute Gasteiger partial charge is 0.354 e. The van der Waals surface area contributed by atoms with Gasteiger partial charge in [0, 0.05) is 12.6 Å². The van der Waals surface area contributed by atoms with E-state index < -0.39 is 0 Å². The van der Waals surface area contributed by atoms with E-state index in [2.05, 4.69) is 46.4 Å². The summed E-state index contributed by atoms with van der Waals surface area (Å²) in [7, 11) is 0. The summed E-state index contributed by atoms with van der Waals surface area (Å²) in [6, 6.07) is 0.427. The molecule has 1 aromatic rings. The fourth-order valence-electron chi connectivity index (χ4n) is 3.03. The van der Waals surface area contributed by atoms with Crippen LogP contribution in [0.15, 0.2) is 0 Å². The van der Waals surface area contributed by atoms with Gasteiger partial charge in [-0.3, -0.25) is 0 Å². The van der Waals surface area contributed by atoms with Crippen LogP contribution in [0.25, 0.3) is 0 Å². The van der Waals surface area contributed by atoms with Crippen LogP contribution in [0.3, 0.4) is 0 Å². The Bertz CT molecular complexity index is 452. The van der Waals surface area contributed by atoms with Crippen LogP contribution in [0.1, 0.15) is 52.9 Å². The van der Waals surface area contributed by atoms with Gasteiger partial charge in [-0.05, 0) is 42.7 Å². The van der Waals surface area contributed by atoms with Gasteiger partial charge >= 0.3 is 0 Å². The zero-order valence-electron chi connectivity index (χ0n) is 13.2. The summed E-state index contributed by atoms with van der Waals surface area (Å²) in [6.07, 6.45) is 6.05. The van der Waals surface area contributed by atoms with Gasteiger partial charge in [-0.15, -0.1) is 0 Å². The second-order valence-electron chi connectivity index (χ2n) is 6.12. The summed E-state index contributed by atoms with van der Waals surface area (Å²) in [5.41, 5.74) is 0. The molecule has 2 unspecified atom stereocenters. The number of halogens is 1. The third-order valence-corrected chi connectivity index (χ3v) is 4.30. The lowest BCUT2D eigenvalue weighted by Crippen LogP contribution is -2.35. The second kappa shape index (κ2) is 7.78. The molecule has 1 fully saturated rings. The minimum Gasteiger partial charge on any atom is -0.354 e. The van der Waals surface area contributed by atoms with Crippen molar-refractivity contribution in [2.24, 2.45) is 11.8 Å². The quantitative estimate of drug-likeness (QED) is 0.832. The first kappa shape index (κ1) is 16.3. The molecule has 2 N–H and O–H groups in total. The maximum absolute atomic E-state index is 6.00. The van der Waals surface area contributed by atoms with Gasteiger partial charge < -0.3 is 10.6 Å². The number of hydrogen-bond donors (Lipinski definition) is 2. The van der Waals surface area contributed by atoms with E-state index >= 15 is 0 Å². The zero-order chi connectivity index (χ0) is 15.2. The number of nitrogens with zero attached hydrogens (tertiary/aromatic N) is 3. The average molecular weight is 312 g/mol. The smallest absolute Gasteiger partial charge is 0.229 e. The highest BCUT2D eigenvalue weighted by molar-refractivity contribution is 6.28. The summed E-state index contributed by atoms with van der Waals surface area (Å²) >= 11 is 6.00. The Morgan fingerprint density at radius 2 is 1.86 bits per heavy atom. The Morgan fingerprint density at radius 1 is 1.14 bits per heavy atom. The molecule has 118 valence electrons. The number of rotatable bonds is 6. The van der Waals surface area contributed by atoms with Crippen molar-refractivity contribution in [2.45, 2.75) is 58.9 Å². The molecule has 1 aliphatic carbocycles. The Morgan fingerprint density at radius 3 is 2.57 bits per heavy atom. The number of anilines is 2. The van der Waals surface area contributed by atoms with E-state index in [4.69, 9.17) is 11.6 Å². The molecule has 2 atom stereocenters. The molecule has 0 saturated heterocycles. The lowest BCUT2D eigenvalue weighted by molar-refractivity contribution is 0.253. The summed E-state index contributed by atoms with van der Waals surface area (Å²) in [5.74, 6) is 2.47. The molecule has 0 bridgehead atoms. The number of nitrogens with one attached hydrogen (secondary N) is 2. The minimum atomic E-state index is 0.239. The molecule has 6 heteroatoms. The first-order valence-electron chi connectivity index (χ1n) is 8.02. The van der Waals surface area contributed by atoms with Crippen molar-refractivity contribution < 1.29 is 0 Å². The highest BCUT2D eigenvalue weighted by Crippen LogP contribution is 2.31. The van der Waals surface area contributed by atoms with E-state index in [1.54, 1.807) is 0 Å². The fourth-order valence-corrected chi connectivity index (χ4v) is 3.19. The molecule has 0 radical (unpaired) electrons. The maximum atomic E-state index is 6.00. The van der Waals surface area contributed by atoms with Gasteiger partial charge in [0.25, 0.3) is 0 Å². The molecule has 0 aliphatic heterocycles. The predicted molar refractivity (Wildman–Crippen MR) is 87.8 cm³/mol. The first-order chi connectivity index (χ1) is 10.1. The van der Waals surface area contributed by atoms with Gasteiger partial charge in [-0.25, -0.2) is 0 Å². The third kappa shape index (κ3) is 4.70. The van der Waals surface area contributed by atoms with Gasteiger partial charge in [-0.1, -0.05) is 33.6 Å². The molecule has 0 spiro atoms. The van der Waals surface area contributed by atoms with Crippen LogP contribution in [-0.4, -0.2) is 27.5 Å². The van der Waals surface area contributed by atoms with E-state index in [1.165, 1.54) is 25.7 Å². The Labute approximate surface area is 132 Å². The lowest BCUT2D eigenvalue weighted by Gasteiger charge is -2.34. The standard InChI is InChI=1S/C15H26ClN5/c1-4-9-17-14-19-13(16)20-15(21-14)18-12-8-6-5-7-11(12)10(2)3/h10-12H,4-9H2,1-3H3,(H2,17,18,19,20,21). The van der Waals surface area contributed by atoms with E-state index in [0.29, 0.717) is 29.8 Å². The highest BCUT2D eigenvalue weighted by Gasteiger charge is 2.28. The van der Waals surface area contributed by atoms with Crippen molar-refractivity contribution in [3.63, 3.8) is 0 Å². The summed E-state index contributed by atoms with van der Waals surface area (Å²) in [6.45, 7) is 7.51. The van der Waals surface area contributed by atoms with Crippen LogP contribution in [0.5, 0.6) is 0 Å². The number of hydrogen-bond acceptors (Lipinski definition) is 5. The second-order valence-corrected chi connectivity index (χ2v) is 6.46. The predicted octanol–water partition coefficient (Wildman–Crippen LogP) is 3.97. The van der Waals surface area contributed by atoms with Crippen LogP contribution in [0.2, 0.25) is 5.28 Å². The molecule has 1 saturated carbocycles. The highest BCUT2D eigenvalue weighted by atomic mass is 35.5. The van der Waals surface area contributed by atoms with Crippen molar-refractivity contribution in [1.82, 2.24) is 15.0 Å². The number of aromatic nitrogens is 3. The average Bonchev–Trinajstić information content (AvgIpc) is 2.45. The Kier molecular flexibility index (Phi) is 6.03. The van der Waals surface area contributed by atoms with Crippen LogP contribution >= 0.6 is 11.6 Å². The van der Waals surface area contributed by atoms with E-state index in [1.807, 2.05) is 0 Å². The Hall–Kier alpha value is -1.10. The third-order valence-electron chi connectivity index (χ3n) is 4.13. The fraction of sp³-hybridized carbons (Fsp3) is 0.800. The monoisotopic (exact) mass is 311 g/mol. The lowest BCUT2D eigenvalue weighted by atomic mass is 9.78. The van der Waals surface area contributed by atoms with Crippen LogP contribution < -0.4 is 10.6 Å². The zero-order valence-corrected chi connectivity index (χ0v) is 14.0. The first-order valence-corrected chi connectivity index (χ1v) is 8.40. The minimum absolute atomic E-state index is 0.239. The molecule has 21 heavy (non-hydrogen) atoms. The van der Waals surface area contributed by atoms with Crippen molar-refractivity contribution in [3.05, 3.63) is 5.28 Å². The molecule has 0 amide bonds. The van der Waals surface area contributed by atoms with E-state index in [0.717, 1.165) is 13.0 Å². The van der Waals surface area contributed by atoms with Crippen LogP contribution in [0.4, 0.5) is 11.9 Å². The summed E-state index contributed by atoms with van der Waals surface area (Å²) < 4.78 is 0. The summed E-state index contributed by atoms with van der Waals surface area (Å²) in [4.78, 5) is 12.8. The molecule has 0 aromatic carbocycles. The van der Waals surface area contributed by atoms with Crippen LogP contribution in [0, 0.1) is 11.8 Å². The van der Waals surface area contributed by atoms with Crippen molar-refractivity contribution in [3.8, 4) is 0 Å². The summed E-state index contributed by atoms with van der Waals surface area (Å²) in [5, 5.41) is 6.88. The normalized spacial score (nSPS) is 22.3. The van der Waals surface area contributed by atoms with Crippen molar-refractivity contribution in [2.75, 3.05) is 17.2 Å². The van der Waals surface area contributed by atoms with Gasteiger partial charge in [0.2, 0.25) is 17.2 Å². The van der Waals surface area contributed by atoms with E-state index in [9.17, 15) is 0 Å². The molecular weight excluding hydrogens is 286 g/mol. The molecule has 1 heterocycles. The van der Waals surface area contributed by atoms with Crippen molar-refractivity contribution >= 4 is 23.5 Å². The topological polar surface area (TPSA) is 62.7 Å². The van der Waals surface area contributed by atoms with E-state index in [-0.39, 0.29) is 5.28 Å². The SMILES string of the molecule is CCCNc1nc(Cl)nc(NC2CCCCC2C(C)C)n1. The van der Waals surface area contributed by atoms with Gasteiger partial charge in [0.15, 0.2) is 0 Å². The molecular formula is C15H26ClN5. The molecule has 2 rings (SSSR count). The van der Waals surface area contributed by atoms with Gasteiger partial charge in [0.1, 0.15) is 0 Å². The van der Waals surface area contributed by atoms with Gasteiger partial charge in [0.05, 0.1) is 0 Å². The van der Waals surface area contributed by atoms with Gasteiger partial charge in [-0.2, -0.15) is 15.0 Å².